The largest absolute Gasteiger partial charge is 0.501 e. The van der Waals surface area contributed by atoms with Crippen LogP contribution in [-0.2, 0) is 24.2 Å². The van der Waals surface area contributed by atoms with Crippen LogP contribution in [-0.4, -0.2) is 51.0 Å². The van der Waals surface area contributed by atoms with E-state index in [0.717, 1.165) is 18.6 Å². The molecule has 2 atom stereocenters. The van der Waals surface area contributed by atoms with E-state index in [1.807, 2.05) is 6.92 Å². The Kier molecular flexibility index (Phi) is 6.19. The Labute approximate surface area is 195 Å². The van der Waals surface area contributed by atoms with Crippen LogP contribution < -0.4 is 9.80 Å². The molecular weight excluding hydrogens is 473 g/mol. The summed E-state index contributed by atoms with van der Waals surface area (Å²) < 4.78 is 67.4. The second-order valence-corrected chi connectivity index (χ2v) is 10.3. The molecule has 2 aromatic rings. The molecule has 4 rings (SSSR count). The highest BCUT2D eigenvalue weighted by molar-refractivity contribution is 7.92. The van der Waals surface area contributed by atoms with Gasteiger partial charge in [0.25, 0.3) is 15.7 Å². The van der Waals surface area contributed by atoms with Gasteiger partial charge in [0.2, 0.25) is 5.91 Å². The van der Waals surface area contributed by atoms with Crippen molar-refractivity contribution < 1.29 is 35.9 Å². The molecule has 11 heteroatoms. The summed E-state index contributed by atoms with van der Waals surface area (Å²) in [4.78, 5) is 27.9. The van der Waals surface area contributed by atoms with Crippen LogP contribution in [0, 0.1) is 0 Å². The molecule has 2 heterocycles. The zero-order chi connectivity index (χ0) is 24.8. The molecule has 2 aromatic carbocycles. The standard InChI is InChI=1S/C23H23F3N2O5S/c1-14-13-27(22(30)21-4-3-11-33-21)20-12-17(7-10-19(20)28(14)15(2)29)16-5-8-18(9-6-16)34(31,32)23(24,25)26/h5-10,12,14,21H,3-4,11,13H2,1-2H3/t14-,21?/m0/s1. The van der Waals surface area contributed by atoms with Crippen LogP contribution >= 0.6 is 0 Å². The Bertz CT molecular complexity index is 1220. The van der Waals surface area contributed by atoms with Gasteiger partial charge in [-0.1, -0.05) is 18.2 Å². The average Bonchev–Trinajstić information content (AvgIpc) is 3.32. The maximum Gasteiger partial charge on any atom is 0.501 e. The number of sulfone groups is 1. The molecule has 0 spiro atoms. The van der Waals surface area contributed by atoms with Gasteiger partial charge in [0, 0.05) is 20.1 Å². The number of hydrogen-bond acceptors (Lipinski definition) is 5. The Morgan fingerprint density at radius 2 is 1.68 bits per heavy atom. The molecular formula is C23H23F3N2O5S. The van der Waals surface area contributed by atoms with Crippen molar-refractivity contribution in [2.75, 3.05) is 23.0 Å². The summed E-state index contributed by atoms with van der Waals surface area (Å²) in [6.07, 6.45) is 0.809. The number of rotatable bonds is 3. The van der Waals surface area contributed by atoms with Crippen molar-refractivity contribution in [1.29, 1.82) is 0 Å². The number of carbonyl (C=O) groups excluding carboxylic acids is 2. The van der Waals surface area contributed by atoms with Crippen LogP contribution in [0.2, 0.25) is 0 Å². The van der Waals surface area contributed by atoms with E-state index >= 15 is 0 Å². The smallest absolute Gasteiger partial charge is 0.368 e. The summed E-state index contributed by atoms with van der Waals surface area (Å²) in [5, 5.41) is 0. The van der Waals surface area contributed by atoms with Crippen molar-refractivity contribution in [3.63, 3.8) is 0 Å². The number of ether oxygens (including phenoxy) is 1. The summed E-state index contributed by atoms with van der Waals surface area (Å²) in [6, 6.07) is 9.12. The summed E-state index contributed by atoms with van der Waals surface area (Å²) >= 11 is 0. The number of hydrogen-bond donors (Lipinski definition) is 0. The zero-order valence-corrected chi connectivity index (χ0v) is 19.3. The number of nitrogens with zero attached hydrogens (tertiary/aromatic N) is 2. The van der Waals surface area contributed by atoms with Gasteiger partial charge in [-0.15, -0.1) is 0 Å². The molecule has 182 valence electrons. The van der Waals surface area contributed by atoms with Gasteiger partial charge in [-0.3, -0.25) is 9.59 Å². The second kappa shape index (κ2) is 8.70. The van der Waals surface area contributed by atoms with Gasteiger partial charge in [-0.2, -0.15) is 13.2 Å². The highest BCUT2D eigenvalue weighted by Crippen LogP contribution is 2.40. The lowest BCUT2D eigenvalue weighted by molar-refractivity contribution is -0.127. The molecule has 0 N–H and O–H groups in total. The van der Waals surface area contributed by atoms with Crippen LogP contribution in [0.5, 0.6) is 0 Å². The molecule has 2 aliphatic heterocycles. The predicted octanol–water partition coefficient (Wildman–Crippen LogP) is 3.91. The maximum absolute atomic E-state index is 13.2. The minimum atomic E-state index is -5.45. The highest BCUT2D eigenvalue weighted by atomic mass is 32.2. The van der Waals surface area contributed by atoms with Crippen molar-refractivity contribution >= 4 is 33.0 Å². The first-order valence-corrected chi connectivity index (χ1v) is 12.2. The monoisotopic (exact) mass is 496 g/mol. The fourth-order valence-corrected chi connectivity index (χ4v) is 5.16. The van der Waals surface area contributed by atoms with Gasteiger partial charge >= 0.3 is 5.51 Å². The molecule has 2 amide bonds. The lowest BCUT2D eigenvalue weighted by Crippen LogP contribution is -2.53. The quantitative estimate of drug-likeness (QED) is 0.643. The Morgan fingerprint density at radius 1 is 1.03 bits per heavy atom. The van der Waals surface area contributed by atoms with Crippen LogP contribution in [0.25, 0.3) is 11.1 Å². The van der Waals surface area contributed by atoms with Crippen LogP contribution in [0.15, 0.2) is 47.4 Å². The molecule has 2 aliphatic rings. The summed E-state index contributed by atoms with van der Waals surface area (Å²) in [6.45, 7) is 4.04. The first-order valence-electron chi connectivity index (χ1n) is 10.7. The summed E-state index contributed by atoms with van der Waals surface area (Å²) in [5.74, 6) is -0.398. The third-order valence-electron chi connectivity index (χ3n) is 6.03. The van der Waals surface area contributed by atoms with Crippen LogP contribution in [0.3, 0.4) is 0 Å². The first-order chi connectivity index (χ1) is 15.9. The topological polar surface area (TPSA) is 84.0 Å². The molecule has 1 saturated heterocycles. The zero-order valence-electron chi connectivity index (χ0n) is 18.5. The molecule has 7 nitrogen and oxygen atoms in total. The van der Waals surface area contributed by atoms with Crippen molar-refractivity contribution in [2.45, 2.75) is 49.2 Å². The number of amides is 2. The SMILES string of the molecule is CC(=O)N1c2ccc(-c3ccc(S(=O)(=O)C(F)(F)F)cc3)cc2N(C(=O)C2CCCO2)C[C@@H]1C. The van der Waals surface area contributed by atoms with Gasteiger partial charge in [0.1, 0.15) is 6.10 Å². The van der Waals surface area contributed by atoms with E-state index in [1.165, 1.54) is 19.1 Å². The van der Waals surface area contributed by atoms with E-state index in [4.69, 9.17) is 4.74 Å². The van der Waals surface area contributed by atoms with E-state index in [1.54, 1.807) is 28.0 Å². The molecule has 1 fully saturated rings. The van der Waals surface area contributed by atoms with E-state index in [9.17, 15) is 31.2 Å². The summed E-state index contributed by atoms with van der Waals surface area (Å²) in [5.41, 5.74) is -3.36. The van der Waals surface area contributed by atoms with Gasteiger partial charge in [0.15, 0.2) is 0 Å². The van der Waals surface area contributed by atoms with Crippen molar-refractivity contribution in [2.24, 2.45) is 0 Å². The molecule has 1 unspecified atom stereocenters. The number of anilines is 2. The molecule has 0 bridgehead atoms. The first kappa shape index (κ1) is 24.2. The number of benzene rings is 2. The number of carbonyl (C=O) groups is 2. The third kappa shape index (κ3) is 4.18. The number of halogens is 3. The normalized spacial score (nSPS) is 20.9. The molecule has 34 heavy (non-hydrogen) atoms. The highest BCUT2D eigenvalue weighted by Gasteiger charge is 2.46. The Balaban J connectivity index is 1.75. The fourth-order valence-electron chi connectivity index (χ4n) is 4.40. The Hall–Kier alpha value is -2.92. The Morgan fingerprint density at radius 3 is 2.24 bits per heavy atom. The van der Waals surface area contributed by atoms with E-state index in [2.05, 4.69) is 0 Å². The van der Waals surface area contributed by atoms with Gasteiger partial charge < -0.3 is 14.5 Å². The third-order valence-corrected chi connectivity index (χ3v) is 7.53. The van der Waals surface area contributed by atoms with Crippen molar-refractivity contribution in [3.05, 3.63) is 42.5 Å². The lowest BCUT2D eigenvalue weighted by atomic mass is 10.00. The fraction of sp³-hybridized carbons (Fsp3) is 0.391. The molecule has 0 saturated carbocycles. The average molecular weight is 497 g/mol. The molecule has 0 radical (unpaired) electrons. The van der Waals surface area contributed by atoms with Crippen molar-refractivity contribution in [3.8, 4) is 11.1 Å². The minimum Gasteiger partial charge on any atom is -0.368 e. The van der Waals surface area contributed by atoms with Gasteiger partial charge in [-0.05, 0) is 55.2 Å². The second-order valence-electron chi connectivity index (χ2n) is 8.37. The lowest BCUT2D eigenvalue weighted by Gasteiger charge is -2.41. The molecule has 0 aliphatic carbocycles. The number of alkyl halides is 3. The van der Waals surface area contributed by atoms with E-state index < -0.39 is 26.3 Å². The maximum atomic E-state index is 13.2. The minimum absolute atomic E-state index is 0.188. The van der Waals surface area contributed by atoms with Gasteiger partial charge in [0.05, 0.1) is 22.3 Å². The van der Waals surface area contributed by atoms with Gasteiger partial charge in [-0.25, -0.2) is 8.42 Å². The molecule has 0 aromatic heterocycles. The van der Waals surface area contributed by atoms with Crippen LogP contribution in [0.4, 0.5) is 24.5 Å². The van der Waals surface area contributed by atoms with Crippen LogP contribution in [0.1, 0.15) is 26.7 Å². The predicted molar refractivity (Wildman–Crippen MR) is 119 cm³/mol. The van der Waals surface area contributed by atoms with E-state index in [-0.39, 0.29) is 24.4 Å². The number of fused-ring (bicyclic) bond motifs is 1. The summed E-state index contributed by atoms with van der Waals surface area (Å²) in [7, 11) is -5.45. The van der Waals surface area contributed by atoms with E-state index in [0.29, 0.717) is 35.5 Å². The van der Waals surface area contributed by atoms with Crippen molar-refractivity contribution in [1.82, 2.24) is 0 Å².